The summed E-state index contributed by atoms with van der Waals surface area (Å²) < 4.78 is 29.1. The van der Waals surface area contributed by atoms with Crippen LogP contribution in [0.4, 0.5) is 5.69 Å². The Morgan fingerprint density at radius 3 is 2.67 bits per heavy atom. The lowest BCUT2D eigenvalue weighted by molar-refractivity contribution is 0.600. The fourth-order valence-electron chi connectivity index (χ4n) is 2.13. The van der Waals surface area contributed by atoms with E-state index in [1.165, 1.54) is 10.9 Å². The normalized spacial score (nSPS) is 11.7. The van der Waals surface area contributed by atoms with Crippen LogP contribution in [-0.4, -0.2) is 23.2 Å². The number of sulfonamides is 1. The molecule has 0 bridgehead atoms. The van der Waals surface area contributed by atoms with Crippen molar-refractivity contribution in [1.29, 1.82) is 0 Å². The van der Waals surface area contributed by atoms with E-state index in [4.69, 9.17) is 0 Å². The van der Waals surface area contributed by atoms with Crippen molar-refractivity contribution in [3.05, 3.63) is 48.4 Å². The van der Waals surface area contributed by atoms with Gasteiger partial charge in [0.25, 0.3) is 10.0 Å². The number of hydrogen-bond acceptors (Lipinski definition) is 4. The summed E-state index contributed by atoms with van der Waals surface area (Å²) in [7, 11) is -1.99. The molecule has 2 aromatic heterocycles. The summed E-state index contributed by atoms with van der Waals surface area (Å²) in [5, 5.41) is 4.84. The topological polar surface area (TPSA) is 76.9 Å². The Kier molecular flexibility index (Phi) is 3.13. The number of para-hydroxylation sites is 1. The quantitative estimate of drug-likeness (QED) is 0.803. The highest BCUT2D eigenvalue weighted by Gasteiger charge is 2.21. The summed E-state index contributed by atoms with van der Waals surface area (Å²) in [4.78, 5) is 4.40. The summed E-state index contributed by atoms with van der Waals surface area (Å²) >= 11 is 0. The van der Waals surface area contributed by atoms with Crippen LogP contribution in [0.1, 0.15) is 5.69 Å². The first-order valence-corrected chi connectivity index (χ1v) is 7.82. The first-order valence-electron chi connectivity index (χ1n) is 6.34. The molecule has 0 atom stereocenters. The fraction of sp³-hybridized carbons (Fsp3) is 0.143. The molecule has 21 heavy (non-hydrogen) atoms. The Labute approximate surface area is 122 Å². The molecule has 0 aliphatic carbocycles. The van der Waals surface area contributed by atoms with Crippen molar-refractivity contribution in [2.45, 2.75) is 11.8 Å². The predicted octanol–water partition coefficient (Wildman–Crippen LogP) is 2.08. The van der Waals surface area contributed by atoms with E-state index in [1.807, 2.05) is 18.2 Å². The lowest BCUT2D eigenvalue weighted by Crippen LogP contribution is -2.14. The van der Waals surface area contributed by atoms with E-state index in [0.717, 1.165) is 5.39 Å². The van der Waals surface area contributed by atoms with Crippen LogP contribution in [0.3, 0.4) is 0 Å². The molecule has 2 heterocycles. The minimum absolute atomic E-state index is 0.165. The minimum atomic E-state index is -3.69. The van der Waals surface area contributed by atoms with Crippen LogP contribution in [0.5, 0.6) is 0 Å². The van der Waals surface area contributed by atoms with Gasteiger partial charge in [-0.1, -0.05) is 18.2 Å². The van der Waals surface area contributed by atoms with Gasteiger partial charge in [0.1, 0.15) is 4.90 Å². The number of anilines is 1. The van der Waals surface area contributed by atoms with Crippen molar-refractivity contribution < 1.29 is 8.42 Å². The molecule has 6 nitrogen and oxygen atoms in total. The standard InChI is InChI=1S/C14H14N4O2S/c1-10-13(9-16-18(10)2)21(19,20)17-12-7-3-5-11-6-4-8-15-14(11)12/h3-9,17H,1-2H3. The van der Waals surface area contributed by atoms with E-state index in [2.05, 4.69) is 14.8 Å². The Balaban J connectivity index is 2.08. The Hall–Kier alpha value is -2.41. The zero-order valence-corrected chi connectivity index (χ0v) is 12.4. The van der Waals surface area contributed by atoms with Gasteiger partial charge < -0.3 is 0 Å². The smallest absolute Gasteiger partial charge is 0.265 e. The van der Waals surface area contributed by atoms with Crippen molar-refractivity contribution in [2.75, 3.05) is 4.72 Å². The molecule has 0 saturated carbocycles. The average Bonchev–Trinajstić information content (AvgIpc) is 2.80. The lowest BCUT2D eigenvalue weighted by atomic mass is 10.2. The van der Waals surface area contributed by atoms with Crippen molar-refractivity contribution >= 4 is 26.6 Å². The number of hydrogen-bond donors (Lipinski definition) is 1. The van der Waals surface area contributed by atoms with Crippen LogP contribution < -0.4 is 4.72 Å². The van der Waals surface area contributed by atoms with Gasteiger partial charge in [-0.2, -0.15) is 5.10 Å². The van der Waals surface area contributed by atoms with Crippen LogP contribution in [0.2, 0.25) is 0 Å². The Morgan fingerprint density at radius 2 is 1.95 bits per heavy atom. The number of benzene rings is 1. The second-order valence-corrected chi connectivity index (χ2v) is 6.35. The number of pyridine rings is 1. The van der Waals surface area contributed by atoms with Gasteiger partial charge in [0.05, 0.1) is 23.1 Å². The average molecular weight is 302 g/mol. The molecule has 0 saturated heterocycles. The monoisotopic (exact) mass is 302 g/mol. The van der Waals surface area contributed by atoms with Gasteiger partial charge in [-0.15, -0.1) is 0 Å². The molecule has 0 spiro atoms. The number of aryl methyl sites for hydroxylation is 1. The highest BCUT2D eigenvalue weighted by Crippen LogP contribution is 2.24. The van der Waals surface area contributed by atoms with Crippen LogP contribution in [0.15, 0.2) is 47.6 Å². The van der Waals surface area contributed by atoms with Crippen LogP contribution >= 0.6 is 0 Å². The van der Waals surface area contributed by atoms with Crippen LogP contribution in [0.25, 0.3) is 10.9 Å². The van der Waals surface area contributed by atoms with Gasteiger partial charge in [0.2, 0.25) is 0 Å². The van der Waals surface area contributed by atoms with Gasteiger partial charge >= 0.3 is 0 Å². The molecule has 0 aliphatic heterocycles. The molecule has 1 N–H and O–H groups in total. The largest absolute Gasteiger partial charge is 0.277 e. The molecule has 0 fully saturated rings. The number of rotatable bonds is 3. The number of aromatic nitrogens is 3. The van der Waals surface area contributed by atoms with E-state index in [0.29, 0.717) is 16.9 Å². The maximum absolute atomic E-state index is 12.5. The molecule has 0 aliphatic rings. The summed E-state index contributed by atoms with van der Waals surface area (Å²) in [5.74, 6) is 0. The molecule has 108 valence electrons. The zero-order chi connectivity index (χ0) is 15.0. The molecule has 3 aromatic rings. The van der Waals surface area contributed by atoms with Crippen LogP contribution in [0, 0.1) is 6.92 Å². The lowest BCUT2D eigenvalue weighted by Gasteiger charge is -2.09. The summed E-state index contributed by atoms with van der Waals surface area (Å²) in [6.07, 6.45) is 2.98. The summed E-state index contributed by atoms with van der Waals surface area (Å²) in [6.45, 7) is 1.71. The fourth-order valence-corrected chi connectivity index (χ4v) is 3.40. The van der Waals surface area contributed by atoms with E-state index in [-0.39, 0.29) is 4.90 Å². The molecule has 0 radical (unpaired) electrons. The third-order valence-corrected chi connectivity index (χ3v) is 4.83. The van der Waals surface area contributed by atoms with Crippen molar-refractivity contribution in [2.24, 2.45) is 7.05 Å². The second kappa shape index (κ2) is 4.85. The van der Waals surface area contributed by atoms with E-state index in [1.54, 1.807) is 32.3 Å². The van der Waals surface area contributed by atoms with Gasteiger partial charge in [0, 0.05) is 18.6 Å². The second-order valence-electron chi connectivity index (χ2n) is 4.70. The highest BCUT2D eigenvalue weighted by atomic mass is 32.2. The molecule has 0 unspecified atom stereocenters. The number of nitrogens with one attached hydrogen (secondary N) is 1. The molecule has 7 heteroatoms. The van der Waals surface area contributed by atoms with Gasteiger partial charge in [0.15, 0.2) is 0 Å². The van der Waals surface area contributed by atoms with E-state index in [9.17, 15) is 8.42 Å². The first kappa shape index (κ1) is 13.6. The zero-order valence-electron chi connectivity index (χ0n) is 11.6. The number of fused-ring (bicyclic) bond motifs is 1. The Bertz CT molecular complexity index is 910. The Morgan fingerprint density at radius 1 is 1.19 bits per heavy atom. The summed E-state index contributed by atoms with van der Waals surface area (Å²) in [6, 6.07) is 9.06. The SMILES string of the molecule is Cc1c(S(=O)(=O)Nc2cccc3cccnc23)cnn1C. The molecule has 1 aromatic carbocycles. The highest BCUT2D eigenvalue weighted by molar-refractivity contribution is 7.92. The molecule has 3 rings (SSSR count). The summed E-state index contributed by atoms with van der Waals surface area (Å²) in [5.41, 5.74) is 1.65. The van der Waals surface area contributed by atoms with E-state index >= 15 is 0 Å². The third-order valence-electron chi connectivity index (χ3n) is 3.36. The first-order chi connectivity index (χ1) is 9.99. The van der Waals surface area contributed by atoms with Crippen molar-refractivity contribution in [3.63, 3.8) is 0 Å². The minimum Gasteiger partial charge on any atom is -0.277 e. The maximum Gasteiger partial charge on any atom is 0.265 e. The molecule has 0 amide bonds. The van der Waals surface area contributed by atoms with E-state index < -0.39 is 10.0 Å². The predicted molar refractivity (Wildman–Crippen MR) is 80.5 cm³/mol. The van der Waals surface area contributed by atoms with Gasteiger partial charge in [-0.05, 0) is 19.1 Å². The molecular formula is C14H14N4O2S. The van der Waals surface area contributed by atoms with Gasteiger partial charge in [-0.25, -0.2) is 8.42 Å². The maximum atomic E-state index is 12.5. The number of nitrogens with zero attached hydrogens (tertiary/aromatic N) is 3. The van der Waals surface area contributed by atoms with Crippen molar-refractivity contribution in [1.82, 2.24) is 14.8 Å². The van der Waals surface area contributed by atoms with Crippen molar-refractivity contribution in [3.8, 4) is 0 Å². The van der Waals surface area contributed by atoms with Crippen LogP contribution in [-0.2, 0) is 17.1 Å². The van der Waals surface area contributed by atoms with Gasteiger partial charge in [-0.3, -0.25) is 14.4 Å². The molecular weight excluding hydrogens is 288 g/mol. The third kappa shape index (κ3) is 2.36.